The predicted molar refractivity (Wildman–Crippen MR) is 57.5 cm³/mol. The van der Waals surface area contributed by atoms with E-state index in [1.54, 1.807) is 0 Å². The molecule has 1 aromatic carbocycles. The third-order valence-electron chi connectivity index (χ3n) is 2.35. The number of hydrogen-bond donors (Lipinski definition) is 1. The lowest BCUT2D eigenvalue weighted by molar-refractivity contribution is 0.581. The Morgan fingerprint density at radius 3 is 2.46 bits per heavy atom. The second kappa shape index (κ2) is 5.76. The second-order valence-corrected chi connectivity index (χ2v) is 3.51. The molecule has 1 aromatic rings. The van der Waals surface area contributed by atoms with Crippen molar-refractivity contribution in [3.05, 3.63) is 35.9 Å². The van der Waals surface area contributed by atoms with Crippen molar-refractivity contribution in [2.75, 3.05) is 0 Å². The zero-order valence-electron chi connectivity index (χ0n) is 8.37. The zero-order valence-corrected chi connectivity index (χ0v) is 8.37. The Bertz CT molecular complexity index is 218. The summed E-state index contributed by atoms with van der Waals surface area (Å²) in [5.74, 6) is 0. The van der Waals surface area contributed by atoms with Crippen molar-refractivity contribution in [3.63, 3.8) is 0 Å². The van der Waals surface area contributed by atoms with Crippen molar-refractivity contribution in [1.82, 2.24) is 0 Å². The van der Waals surface area contributed by atoms with Gasteiger partial charge in [0.2, 0.25) is 0 Å². The first kappa shape index (κ1) is 10.3. The number of rotatable bonds is 5. The van der Waals surface area contributed by atoms with E-state index in [0.29, 0.717) is 0 Å². The third-order valence-corrected chi connectivity index (χ3v) is 2.35. The number of benzene rings is 1. The molecule has 0 aliphatic rings. The molecule has 1 rings (SSSR count). The van der Waals surface area contributed by atoms with Crippen LogP contribution < -0.4 is 5.73 Å². The summed E-state index contributed by atoms with van der Waals surface area (Å²) < 4.78 is 0. The smallest absolute Gasteiger partial charge is 0.0294 e. The van der Waals surface area contributed by atoms with Crippen LogP contribution in [0.3, 0.4) is 0 Å². The van der Waals surface area contributed by atoms with Crippen LogP contribution in [0.15, 0.2) is 30.3 Å². The molecule has 0 unspecified atom stereocenters. The minimum absolute atomic E-state index is 0.229. The van der Waals surface area contributed by atoms with E-state index < -0.39 is 0 Å². The van der Waals surface area contributed by atoms with E-state index in [4.69, 9.17) is 5.73 Å². The van der Waals surface area contributed by atoms with Gasteiger partial charge in [-0.3, -0.25) is 0 Å². The normalized spacial score (nSPS) is 12.8. The van der Waals surface area contributed by atoms with Gasteiger partial charge in [-0.25, -0.2) is 0 Å². The molecule has 13 heavy (non-hydrogen) atoms. The molecule has 0 heterocycles. The van der Waals surface area contributed by atoms with Crippen molar-refractivity contribution in [1.29, 1.82) is 0 Å². The largest absolute Gasteiger partial charge is 0.324 e. The Morgan fingerprint density at radius 1 is 1.15 bits per heavy atom. The van der Waals surface area contributed by atoms with E-state index in [9.17, 15) is 0 Å². The van der Waals surface area contributed by atoms with E-state index in [1.807, 2.05) is 6.07 Å². The maximum atomic E-state index is 6.04. The molecule has 0 aliphatic carbocycles. The van der Waals surface area contributed by atoms with Crippen LogP contribution in [0.25, 0.3) is 0 Å². The monoisotopic (exact) mass is 177 g/mol. The molecule has 0 aromatic heterocycles. The van der Waals surface area contributed by atoms with Gasteiger partial charge in [0.25, 0.3) is 0 Å². The molecule has 0 fully saturated rings. The van der Waals surface area contributed by atoms with Crippen molar-refractivity contribution in [2.45, 2.75) is 38.6 Å². The SMILES string of the molecule is CCCCC[C@H](N)c1ccccc1. The molecule has 1 atom stereocenters. The summed E-state index contributed by atoms with van der Waals surface area (Å²) in [7, 11) is 0. The minimum Gasteiger partial charge on any atom is -0.324 e. The van der Waals surface area contributed by atoms with Gasteiger partial charge in [0.1, 0.15) is 0 Å². The second-order valence-electron chi connectivity index (χ2n) is 3.51. The number of hydrogen-bond acceptors (Lipinski definition) is 1. The summed E-state index contributed by atoms with van der Waals surface area (Å²) in [6.45, 7) is 2.22. The van der Waals surface area contributed by atoms with Crippen LogP contribution >= 0.6 is 0 Å². The Balaban J connectivity index is 2.35. The van der Waals surface area contributed by atoms with Gasteiger partial charge in [0.15, 0.2) is 0 Å². The summed E-state index contributed by atoms with van der Waals surface area (Å²) in [6.07, 6.45) is 4.91. The van der Waals surface area contributed by atoms with E-state index in [2.05, 4.69) is 31.2 Å². The molecule has 0 bridgehead atoms. The Morgan fingerprint density at radius 2 is 1.85 bits per heavy atom. The first-order valence-electron chi connectivity index (χ1n) is 5.15. The fourth-order valence-electron chi connectivity index (χ4n) is 1.48. The highest BCUT2D eigenvalue weighted by atomic mass is 14.6. The molecule has 0 saturated heterocycles. The highest BCUT2D eigenvalue weighted by Crippen LogP contribution is 2.16. The van der Waals surface area contributed by atoms with Crippen molar-refractivity contribution < 1.29 is 0 Å². The van der Waals surface area contributed by atoms with E-state index in [0.717, 1.165) is 6.42 Å². The Kier molecular flexibility index (Phi) is 4.55. The third kappa shape index (κ3) is 3.60. The van der Waals surface area contributed by atoms with E-state index >= 15 is 0 Å². The van der Waals surface area contributed by atoms with Gasteiger partial charge < -0.3 is 5.73 Å². The van der Waals surface area contributed by atoms with Crippen molar-refractivity contribution in [2.24, 2.45) is 5.73 Å². The van der Waals surface area contributed by atoms with Gasteiger partial charge in [0, 0.05) is 6.04 Å². The predicted octanol–water partition coefficient (Wildman–Crippen LogP) is 3.27. The number of unbranched alkanes of at least 4 members (excludes halogenated alkanes) is 2. The van der Waals surface area contributed by atoms with Crippen LogP contribution in [0.5, 0.6) is 0 Å². The van der Waals surface area contributed by atoms with E-state index in [1.165, 1.54) is 24.8 Å². The van der Waals surface area contributed by atoms with Crippen LogP contribution in [-0.4, -0.2) is 0 Å². The topological polar surface area (TPSA) is 26.0 Å². The van der Waals surface area contributed by atoms with Gasteiger partial charge in [-0.2, -0.15) is 0 Å². The minimum atomic E-state index is 0.229. The van der Waals surface area contributed by atoms with Gasteiger partial charge in [-0.15, -0.1) is 0 Å². The maximum Gasteiger partial charge on any atom is 0.0294 e. The summed E-state index contributed by atoms with van der Waals surface area (Å²) in [5.41, 5.74) is 7.30. The maximum absolute atomic E-state index is 6.04. The summed E-state index contributed by atoms with van der Waals surface area (Å²) in [6, 6.07) is 10.6. The molecule has 72 valence electrons. The van der Waals surface area contributed by atoms with Crippen molar-refractivity contribution in [3.8, 4) is 0 Å². The summed E-state index contributed by atoms with van der Waals surface area (Å²) >= 11 is 0. The molecular formula is C12H19N. The van der Waals surface area contributed by atoms with Gasteiger partial charge in [-0.05, 0) is 12.0 Å². The van der Waals surface area contributed by atoms with Crippen LogP contribution in [0.2, 0.25) is 0 Å². The van der Waals surface area contributed by atoms with Crippen LogP contribution in [0, 0.1) is 0 Å². The number of nitrogens with two attached hydrogens (primary N) is 1. The Hall–Kier alpha value is -0.820. The van der Waals surface area contributed by atoms with Crippen molar-refractivity contribution >= 4 is 0 Å². The molecule has 1 nitrogen and oxygen atoms in total. The lowest BCUT2D eigenvalue weighted by Gasteiger charge is -2.10. The average molecular weight is 177 g/mol. The first-order valence-corrected chi connectivity index (χ1v) is 5.15. The highest BCUT2D eigenvalue weighted by molar-refractivity contribution is 5.18. The summed E-state index contributed by atoms with van der Waals surface area (Å²) in [5, 5.41) is 0. The lowest BCUT2D eigenvalue weighted by Crippen LogP contribution is -2.09. The van der Waals surface area contributed by atoms with Gasteiger partial charge >= 0.3 is 0 Å². The fraction of sp³-hybridized carbons (Fsp3) is 0.500. The van der Waals surface area contributed by atoms with Gasteiger partial charge in [-0.1, -0.05) is 56.5 Å². The molecule has 1 heteroatoms. The lowest BCUT2D eigenvalue weighted by atomic mass is 10.0. The molecule has 0 radical (unpaired) electrons. The fourth-order valence-corrected chi connectivity index (χ4v) is 1.48. The van der Waals surface area contributed by atoms with E-state index in [-0.39, 0.29) is 6.04 Å². The highest BCUT2D eigenvalue weighted by Gasteiger charge is 2.03. The average Bonchev–Trinajstić information content (AvgIpc) is 2.19. The van der Waals surface area contributed by atoms with Crippen LogP contribution in [0.1, 0.15) is 44.2 Å². The van der Waals surface area contributed by atoms with Crippen LogP contribution in [-0.2, 0) is 0 Å². The molecular weight excluding hydrogens is 158 g/mol. The molecule has 0 saturated carbocycles. The quantitative estimate of drug-likeness (QED) is 0.686. The Labute approximate surface area is 81.0 Å². The molecule has 0 amide bonds. The zero-order chi connectivity index (χ0) is 9.52. The molecule has 0 aliphatic heterocycles. The standard InChI is InChI=1S/C12H19N/c1-2-3-5-10-12(13)11-8-6-4-7-9-11/h4,6-9,12H,2-3,5,10,13H2,1H3/t12-/m0/s1. The molecule has 2 N–H and O–H groups in total. The van der Waals surface area contributed by atoms with Gasteiger partial charge in [0.05, 0.1) is 0 Å². The van der Waals surface area contributed by atoms with Crippen LogP contribution in [0.4, 0.5) is 0 Å². The molecule has 0 spiro atoms. The first-order chi connectivity index (χ1) is 6.34. The summed E-state index contributed by atoms with van der Waals surface area (Å²) in [4.78, 5) is 0.